The van der Waals surface area contributed by atoms with E-state index in [-0.39, 0.29) is 18.7 Å². The number of carbonyl (C=O) groups excluding carboxylic acids is 2. The number of nitrogens with one attached hydrogen (secondary N) is 1. The predicted octanol–water partition coefficient (Wildman–Crippen LogP) is 3.21. The molecule has 0 aromatic heterocycles. The highest BCUT2D eigenvalue weighted by Crippen LogP contribution is 2.31. The number of methoxy groups -OCH3 is 1. The van der Waals surface area contributed by atoms with Crippen LogP contribution in [0.15, 0.2) is 42.5 Å². The van der Waals surface area contributed by atoms with Gasteiger partial charge in [0.2, 0.25) is 0 Å². The number of halogens is 2. The van der Waals surface area contributed by atoms with E-state index in [2.05, 4.69) is 5.32 Å². The molecular weight excluding hydrogens is 370 g/mol. The van der Waals surface area contributed by atoms with Gasteiger partial charge in [0.25, 0.3) is 5.91 Å². The second kappa shape index (κ2) is 7.84. The molecular formula is C20H20F2N2O4. The van der Waals surface area contributed by atoms with Gasteiger partial charge in [-0.3, -0.25) is 9.69 Å². The van der Waals surface area contributed by atoms with Gasteiger partial charge in [0.15, 0.2) is 0 Å². The summed E-state index contributed by atoms with van der Waals surface area (Å²) in [5.74, 6) is -0.891. The van der Waals surface area contributed by atoms with Gasteiger partial charge in [0, 0.05) is 18.2 Å². The number of rotatable bonds is 7. The fourth-order valence-corrected chi connectivity index (χ4v) is 3.06. The molecule has 1 unspecified atom stereocenters. The van der Waals surface area contributed by atoms with Crippen LogP contribution in [-0.2, 0) is 10.3 Å². The Kier molecular flexibility index (Phi) is 5.48. The summed E-state index contributed by atoms with van der Waals surface area (Å²) < 4.78 is 37.9. The molecule has 1 fully saturated rings. The van der Waals surface area contributed by atoms with E-state index in [0.717, 1.165) is 11.0 Å². The van der Waals surface area contributed by atoms with Crippen LogP contribution in [0, 0.1) is 11.6 Å². The van der Waals surface area contributed by atoms with Crippen molar-refractivity contribution in [1.82, 2.24) is 10.2 Å². The van der Waals surface area contributed by atoms with Gasteiger partial charge in [-0.15, -0.1) is 0 Å². The highest BCUT2D eigenvalue weighted by molar-refractivity contribution is 6.07. The summed E-state index contributed by atoms with van der Waals surface area (Å²) in [6, 6.07) is 9.30. The molecule has 3 amide bonds. The smallest absolute Gasteiger partial charge is 0.325 e. The molecule has 0 spiro atoms. The molecule has 2 aromatic carbocycles. The van der Waals surface area contributed by atoms with Crippen LogP contribution in [0.1, 0.15) is 18.9 Å². The largest absolute Gasteiger partial charge is 0.497 e. The second-order valence-corrected chi connectivity index (χ2v) is 6.51. The van der Waals surface area contributed by atoms with Gasteiger partial charge in [-0.05, 0) is 43.7 Å². The van der Waals surface area contributed by atoms with E-state index in [9.17, 15) is 18.4 Å². The third kappa shape index (κ3) is 3.76. The lowest BCUT2D eigenvalue weighted by Gasteiger charge is -2.22. The quantitative estimate of drug-likeness (QED) is 0.582. The maximum absolute atomic E-state index is 14.1. The molecule has 0 aliphatic carbocycles. The molecule has 1 saturated heterocycles. The Bertz CT molecular complexity index is 888. The van der Waals surface area contributed by atoms with Crippen LogP contribution in [0.5, 0.6) is 11.5 Å². The first kappa shape index (κ1) is 19.6. The Balaban J connectivity index is 1.60. The summed E-state index contributed by atoms with van der Waals surface area (Å²) in [7, 11) is 1.57. The highest BCUT2D eigenvalue weighted by Gasteiger charge is 2.49. The number of hydrogen-bond donors (Lipinski definition) is 1. The first-order valence-electron chi connectivity index (χ1n) is 8.71. The summed E-state index contributed by atoms with van der Waals surface area (Å²) in [5.41, 5.74) is -1.66. The fraction of sp³-hybridized carbons (Fsp3) is 0.300. The van der Waals surface area contributed by atoms with Crippen molar-refractivity contribution >= 4 is 11.9 Å². The summed E-state index contributed by atoms with van der Waals surface area (Å²) in [6.45, 7) is 1.79. The van der Waals surface area contributed by atoms with Crippen LogP contribution in [0.2, 0.25) is 0 Å². The van der Waals surface area contributed by atoms with E-state index in [1.807, 2.05) is 0 Å². The molecule has 0 bridgehead atoms. The Morgan fingerprint density at radius 1 is 1.07 bits per heavy atom. The molecule has 0 radical (unpaired) electrons. The Labute approximate surface area is 161 Å². The molecule has 0 saturated carbocycles. The van der Waals surface area contributed by atoms with Gasteiger partial charge in [-0.1, -0.05) is 6.07 Å². The van der Waals surface area contributed by atoms with Gasteiger partial charge < -0.3 is 14.8 Å². The number of benzene rings is 2. The van der Waals surface area contributed by atoms with Crippen molar-refractivity contribution in [2.45, 2.75) is 18.9 Å². The lowest BCUT2D eigenvalue weighted by molar-refractivity contribution is -0.131. The zero-order chi connectivity index (χ0) is 20.3. The highest BCUT2D eigenvalue weighted by atomic mass is 19.1. The van der Waals surface area contributed by atoms with Crippen LogP contribution in [0.3, 0.4) is 0 Å². The van der Waals surface area contributed by atoms with Crippen molar-refractivity contribution in [3.63, 3.8) is 0 Å². The molecule has 28 heavy (non-hydrogen) atoms. The van der Waals surface area contributed by atoms with Crippen LogP contribution in [0.4, 0.5) is 13.6 Å². The number of imide groups is 1. The topological polar surface area (TPSA) is 67.9 Å². The van der Waals surface area contributed by atoms with Crippen molar-refractivity contribution < 1.29 is 27.8 Å². The van der Waals surface area contributed by atoms with Gasteiger partial charge >= 0.3 is 6.03 Å². The number of ether oxygens (including phenoxy) is 2. The van der Waals surface area contributed by atoms with Crippen molar-refractivity contribution in [2.75, 3.05) is 20.3 Å². The van der Waals surface area contributed by atoms with E-state index in [1.165, 1.54) is 13.0 Å². The van der Waals surface area contributed by atoms with Gasteiger partial charge in [-0.25, -0.2) is 13.6 Å². The SMILES string of the molecule is COc1ccc(OCCCN2C(=O)NC(C)(c3ccc(F)cc3F)C2=O)cc1. The normalized spacial score (nSPS) is 18.9. The average Bonchev–Trinajstić information content (AvgIpc) is 2.88. The van der Waals surface area contributed by atoms with Gasteiger partial charge in [-0.2, -0.15) is 0 Å². The first-order chi connectivity index (χ1) is 13.3. The maximum atomic E-state index is 14.1. The van der Waals surface area contributed by atoms with Crippen LogP contribution in [-0.4, -0.2) is 37.1 Å². The van der Waals surface area contributed by atoms with Crippen molar-refractivity contribution in [1.29, 1.82) is 0 Å². The summed E-state index contributed by atoms with van der Waals surface area (Å²) in [5, 5.41) is 2.50. The zero-order valence-electron chi connectivity index (χ0n) is 15.5. The van der Waals surface area contributed by atoms with Gasteiger partial charge in [0.05, 0.1) is 13.7 Å². The van der Waals surface area contributed by atoms with E-state index >= 15 is 0 Å². The molecule has 1 atom stereocenters. The third-order valence-electron chi connectivity index (χ3n) is 4.60. The van der Waals surface area contributed by atoms with Gasteiger partial charge in [0.1, 0.15) is 28.7 Å². The Morgan fingerprint density at radius 2 is 1.75 bits per heavy atom. The zero-order valence-corrected chi connectivity index (χ0v) is 15.5. The molecule has 148 valence electrons. The Hall–Kier alpha value is -3.16. The van der Waals surface area contributed by atoms with E-state index in [1.54, 1.807) is 31.4 Å². The van der Waals surface area contributed by atoms with E-state index < -0.39 is 29.1 Å². The number of urea groups is 1. The minimum absolute atomic E-state index is 0.0794. The third-order valence-corrected chi connectivity index (χ3v) is 4.60. The van der Waals surface area contributed by atoms with Crippen LogP contribution in [0.25, 0.3) is 0 Å². The minimum atomic E-state index is -1.58. The van der Waals surface area contributed by atoms with Crippen molar-refractivity contribution in [2.24, 2.45) is 0 Å². The lowest BCUT2D eigenvalue weighted by atomic mass is 9.91. The molecule has 8 heteroatoms. The number of nitrogens with zero attached hydrogens (tertiary/aromatic N) is 1. The molecule has 1 N–H and O–H groups in total. The molecule has 3 rings (SSSR count). The Morgan fingerprint density at radius 3 is 2.39 bits per heavy atom. The molecule has 1 aliphatic rings. The summed E-state index contributed by atoms with van der Waals surface area (Å²) >= 11 is 0. The van der Waals surface area contributed by atoms with Crippen molar-refractivity contribution in [3.05, 3.63) is 59.7 Å². The standard InChI is InChI=1S/C20H20F2N2O4/c1-20(16-9-4-13(21)12-17(16)22)18(25)24(19(26)23-20)10-3-11-28-15-7-5-14(27-2)6-8-15/h4-9,12H,3,10-11H2,1-2H3,(H,23,26). The molecule has 1 heterocycles. The number of amides is 3. The van der Waals surface area contributed by atoms with E-state index in [4.69, 9.17) is 9.47 Å². The van der Waals surface area contributed by atoms with Crippen LogP contribution >= 0.6 is 0 Å². The molecule has 2 aromatic rings. The minimum Gasteiger partial charge on any atom is -0.497 e. The predicted molar refractivity (Wildman–Crippen MR) is 97.1 cm³/mol. The summed E-state index contributed by atoms with van der Waals surface area (Å²) in [6.07, 6.45) is 0.396. The lowest BCUT2D eigenvalue weighted by Crippen LogP contribution is -2.41. The second-order valence-electron chi connectivity index (χ2n) is 6.51. The van der Waals surface area contributed by atoms with Crippen LogP contribution < -0.4 is 14.8 Å². The fourth-order valence-electron chi connectivity index (χ4n) is 3.06. The number of carbonyl (C=O) groups is 2. The average molecular weight is 390 g/mol. The maximum Gasteiger partial charge on any atom is 0.325 e. The van der Waals surface area contributed by atoms with Crippen molar-refractivity contribution in [3.8, 4) is 11.5 Å². The monoisotopic (exact) mass is 390 g/mol. The van der Waals surface area contributed by atoms with E-state index in [0.29, 0.717) is 24.0 Å². The summed E-state index contributed by atoms with van der Waals surface area (Å²) in [4.78, 5) is 26.0. The molecule has 1 aliphatic heterocycles. The molecule has 6 nitrogen and oxygen atoms in total. The first-order valence-corrected chi connectivity index (χ1v) is 8.71. The number of hydrogen-bond acceptors (Lipinski definition) is 4.